The van der Waals surface area contributed by atoms with E-state index in [9.17, 15) is 0 Å². The Labute approximate surface area is 124 Å². The van der Waals surface area contributed by atoms with E-state index in [0.717, 1.165) is 0 Å². The summed E-state index contributed by atoms with van der Waals surface area (Å²) in [6.07, 6.45) is 0. The van der Waals surface area contributed by atoms with E-state index in [1.807, 2.05) is 30.9 Å². The number of aromatic nitrogens is 3. The van der Waals surface area contributed by atoms with Gasteiger partial charge in [0, 0.05) is 27.7 Å². The van der Waals surface area contributed by atoms with Gasteiger partial charge in [0.15, 0.2) is 0 Å². The molecule has 0 spiro atoms. The molecule has 0 saturated heterocycles. The van der Waals surface area contributed by atoms with Gasteiger partial charge in [-0.1, -0.05) is 29.8 Å². The van der Waals surface area contributed by atoms with Crippen LogP contribution in [0.4, 0.5) is 17.8 Å². The van der Waals surface area contributed by atoms with Crippen LogP contribution in [0, 0.1) is 6.92 Å². The van der Waals surface area contributed by atoms with Gasteiger partial charge in [-0.05, 0) is 12.5 Å². The lowest BCUT2D eigenvalue weighted by atomic mass is 10.1. The van der Waals surface area contributed by atoms with Crippen molar-refractivity contribution >= 4 is 17.8 Å². The summed E-state index contributed by atoms with van der Waals surface area (Å²) in [6, 6.07) is 8.38. The zero-order valence-electron chi connectivity index (χ0n) is 12.8. The van der Waals surface area contributed by atoms with Gasteiger partial charge in [-0.3, -0.25) is 5.43 Å². The standard InChI is InChI=1S/C14H21N7/c1-10-5-7-11(8-6-10)9-21(4)14-17-12(19-15)16-13(18-14)20(2)3/h5-8H,9,15H2,1-4H3,(H,16,17,18,19). The third kappa shape index (κ3) is 3.79. The highest BCUT2D eigenvalue weighted by molar-refractivity contribution is 5.44. The van der Waals surface area contributed by atoms with Crippen molar-refractivity contribution in [2.75, 3.05) is 36.4 Å². The molecule has 7 heteroatoms. The fourth-order valence-electron chi connectivity index (χ4n) is 1.83. The summed E-state index contributed by atoms with van der Waals surface area (Å²) in [6.45, 7) is 2.78. The number of rotatable bonds is 5. The number of hydrogen-bond acceptors (Lipinski definition) is 7. The molecule has 0 radical (unpaired) electrons. The molecule has 0 aliphatic heterocycles. The molecular formula is C14H21N7. The lowest BCUT2D eigenvalue weighted by molar-refractivity contribution is 0.842. The summed E-state index contributed by atoms with van der Waals surface area (Å²) in [4.78, 5) is 16.7. The highest BCUT2D eigenvalue weighted by Crippen LogP contribution is 2.16. The largest absolute Gasteiger partial charge is 0.347 e. The van der Waals surface area contributed by atoms with Gasteiger partial charge >= 0.3 is 0 Å². The molecule has 0 amide bonds. The highest BCUT2D eigenvalue weighted by atomic mass is 15.4. The molecule has 3 N–H and O–H groups in total. The Balaban J connectivity index is 2.23. The van der Waals surface area contributed by atoms with Crippen LogP contribution in [-0.2, 0) is 6.54 Å². The Hall–Kier alpha value is -2.41. The van der Waals surface area contributed by atoms with Crippen molar-refractivity contribution in [1.29, 1.82) is 0 Å². The van der Waals surface area contributed by atoms with Gasteiger partial charge in [0.25, 0.3) is 0 Å². The van der Waals surface area contributed by atoms with Crippen molar-refractivity contribution in [3.05, 3.63) is 35.4 Å². The van der Waals surface area contributed by atoms with Crippen LogP contribution in [0.15, 0.2) is 24.3 Å². The van der Waals surface area contributed by atoms with Crippen molar-refractivity contribution in [1.82, 2.24) is 15.0 Å². The molecule has 0 atom stereocenters. The summed E-state index contributed by atoms with van der Waals surface area (Å²) in [5.74, 6) is 6.89. The lowest BCUT2D eigenvalue weighted by Gasteiger charge is -2.19. The van der Waals surface area contributed by atoms with Crippen LogP contribution in [0.2, 0.25) is 0 Å². The van der Waals surface area contributed by atoms with Crippen molar-refractivity contribution in [3.63, 3.8) is 0 Å². The molecule has 1 aromatic heterocycles. The first kappa shape index (κ1) is 15.0. The Morgan fingerprint density at radius 2 is 1.62 bits per heavy atom. The number of nitrogen functional groups attached to an aromatic ring is 1. The van der Waals surface area contributed by atoms with E-state index in [4.69, 9.17) is 5.84 Å². The summed E-state index contributed by atoms with van der Waals surface area (Å²) in [5.41, 5.74) is 4.91. The number of aryl methyl sites for hydroxylation is 1. The number of hydrogen-bond donors (Lipinski definition) is 2. The summed E-state index contributed by atoms with van der Waals surface area (Å²) >= 11 is 0. The summed E-state index contributed by atoms with van der Waals surface area (Å²) in [7, 11) is 5.69. The molecule has 0 bridgehead atoms. The van der Waals surface area contributed by atoms with E-state index in [1.165, 1.54) is 11.1 Å². The van der Waals surface area contributed by atoms with Crippen molar-refractivity contribution in [3.8, 4) is 0 Å². The van der Waals surface area contributed by atoms with Crippen molar-refractivity contribution < 1.29 is 0 Å². The fraction of sp³-hybridized carbons (Fsp3) is 0.357. The summed E-state index contributed by atoms with van der Waals surface area (Å²) < 4.78 is 0. The van der Waals surface area contributed by atoms with E-state index in [0.29, 0.717) is 24.4 Å². The highest BCUT2D eigenvalue weighted by Gasteiger charge is 2.11. The van der Waals surface area contributed by atoms with E-state index in [2.05, 4.69) is 51.6 Å². The minimum Gasteiger partial charge on any atom is -0.347 e. The normalized spacial score (nSPS) is 10.3. The van der Waals surface area contributed by atoms with Crippen LogP contribution >= 0.6 is 0 Å². The maximum atomic E-state index is 5.42. The predicted molar refractivity (Wildman–Crippen MR) is 85.3 cm³/mol. The molecule has 0 fully saturated rings. The zero-order valence-corrected chi connectivity index (χ0v) is 12.8. The van der Waals surface area contributed by atoms with Gasteiger partial charge in [-0.15, -0.1) is 0 Å². The van der Waals surface area contributed by atoms with Gasteiger partial charge in [0.2, 0.25) is 17.8 Å². The van der Waals surface area contributed by atoms with Crippen LogP contribution in [0.3, 0.4) is 0 Å². The fourth-order valence-corrected chi connectivity index (χ4v) is 1.83. The average Bonchev–Trinajstić information content (AvgIpc) is 2.49. The first-order valence-corrected chi connectivity index (χ1v) is 6.66. The van der Waals surface area contributed by atoms with Crippen LogP contribution in [0.1, 0.15) is 11.1 Å². The predicted octanol–water partition coefficient (Wildman–Crippen LogP) is 1.17. The molecule has 0 aliphatic rings. The molecule has 112 valence electrons. The van der Waals surface area contributed by atoms with Crippen molar-refractivity contribution in [2.24, 2.45) is 5.84 Å². The van der Waals surface area contributed by atoms with Gasteiger partial charge in [-0.2, -0.15) is 15.0 Å². The van der Waals surface area contributed by atoms with Crippen LogP contribution in [-0.4, -0.2) is 36.1 Å². The molecule has 0 unspecified atom stereocenters. The molecular weight excluding hydrogens is 266 g/mol. The molecule has 1 aromatic carbocycles. The monoisotopic (exact) mass is 287 g/mol. The molecule has 0 aliphatic carbocycles. The molecule has 0 saturated carbocycles. The Bertz CT molecular complexity index is 595. The molecule has 21 heavy (non-hydrogen) atoms. The lowest BCUT2D eigenvalue weighted by Crippen LogP contribution is -2.24. The van der Waals surface area contributed by atoms with E-state index < -0.39 is 0 Å². The zero-order chi connectivity index (χ0) is 15.4. The topological polar surface area (TPSA) is 83.2 Å². The second-order valence-electron chi connectivity index (χ2n) is 5.14. The second kappa shape index (κ2) is 6.36. The molecule has 1 heterocycles. The van der Waals surface area contributed by atoms with E-state index in [-0.39, 0.29) is 0 Å². The minimum absolute atomic E-state index is 0.347. The van der Waals surface area contributed by atoms with Crippen LogP contribution in [0.5, 0.6) is 0 Å². The van der Waals surface area contributed by atoms with Gasteiger partial charge < -0.3 is 9.80 Å². The third-order valence-corrected chi connectivity index (χ3v) is 3.02. The Kier molecular flexibility index (Phi) is 4.54. The van der Waals surface area contributed by atoms with E-state index in [1.54, 1.807) is 0 Å². The average molecular weight is 287 g/mol. The van der Waals surface area contributed by atoms with Gasteiger partial charge in [0.05, 0.1) is 0 Å². The first-order chi connectivity index (χ1) is 9.99. The molecule has 2 aromatic rings. The van der Waals surface area contributed by atoms with Gasteiger partial charge in [0.1, 0.15) is 0 Å². The van der Waals surface area contributed by atoms with Crippen LogP contribution in [0.25, 0.3) is 0 Å². The maximum absolute atomic E-state index is 5.42. The number of nitrogens with one attached hydrogen (secondary N) is 1. The SMILES string of the molecule is Cc1ccc(CN(C)c2nc(NN)nc(N(C)C)n2)cc1. The van der Waals surface area contributed by atoms with Gasteiger partial charge in [-0.25, -0.2) is 5.84 Å². The van der Waals surface area contributed by atoms with Crippen LogP contribution < -0.4 is 21.1 Å². The number of hydrazine groups is 1. The maximum Gasteiger partial charge on any atom is 0.243 e. The smallest absolute Gasteiger partial charge is 0.243 e. The van der Waals surface area contributed by atoms with Crippen molar-refractivity contribution in [2.45, 2.75) is 13.5 Å². The minimum atomic E-state index is 0.347. The molecule has 2 rings (SSSR count). The Morgan fingerprint density at radius 1 is 1.00 bits per heavy atom. The Morgan fingerprint density at radius 3 is 2.19 bits per heavy atom. The quantitative estimate of drug-likeness (QED) is 0.631. The first-order valence-electron chi connectivity index (χ1n) is 6.66. The number of anilines is 3. The number of nitrogens with two attached hydrogens (primary N) is 1. The van der Waals surface area contributed by atoms with E-state index >= 15 is 0 Å². The second-order valence-corrected chi connectivity index (χ2v) is 5.14. The number of benzene rings is 1. The number of nitrogens with zero attached hydrogens (tertiary/aromatic N) is 5. The third-order valence-electron chi connectivity index (χ3n) is 3.02. The molecule has 7 nitrogen and oxygen atoms in total. The summed E-state index contributed by atoms with van der Waals surface area (Å²) in [5, 5.41) is 0.